The maximum Gasteiger partial charge on any atom is 0.120 e. The summed E-state index contributed by atoms with van der Waals surface area (Å²) in [5.41, 5.74) is 0.737. The van der Waals surface area contributed by atoms with Crippen molar-refractivity contribution in [3.05, 3.63) is 23.8 Å². The molecule has 2 unspecified atom stereocenters. The summed E-state index contributed by atoms with van der Waals surface area (Å²) in [5, 5.41) is 22.5. The Morgan fingerprint density at radius 1 is 1.29 bits per heavy atom. The fourth-order valence-electron chi connectivity index (χ4n) is 1.72. The minimum atomic E-state index is 0.0337. The first-order valence-electron chi connectivity index (χ1n) is 5.78. The Labute approximate surface area is 107 Å². The van der Waals surface area contributed by atoms with E-state index in [1.807, 2.05) is 18.7 Å². The number of thioether (sulfide) groups is 1. The zero-order valence-electron chi connectivity index (χ0n) is 10.6. The molecule has 0 spiro atoms. The van der Waals surface area contributed by atoms with Gasteiger partial charge >= 0.3 is 0 Å². The lowest BCUT2D eigenvalue weighted by Crippen LogP contribution is -2.25. The molecule has 0 saturated heterocycles. The van der Waals surface area contributed by atoms with Crippen molar-refractivity contribution >= 4 is 11.8 Å². The molecule has 3 N–H and O–H groups in total. The molecule has 0 aromatic heterocycles. The van der Waals surface area contributed by atoms with E-state index in [2.05, 4.69) is 18.5 Å². The molecule has 0 fully saturated rings. The molecule has 1 rings (SSSR count). The molecule has 0 amide bonds. The van der Waals surface area contributed by atoms with Gasteiger partial charge < -0.3 is 15.5 Å². The summed E-state index contributed by atoms with van der Waals surface area (Å²) < 4.78 is 0. The smallest absolute Gasteiger partial charge is 0.120 e. The summed E-state index contributed by atoms with van der Waals surface area (Å²) in [6, 6.07) is 4.65. The lowest BCUT2D eigenvalue weighted by Gasteiger charge is -2.18. The molecule has 0 heterocycles. The van der Waals surface area contributed by atoms with Crippen LogP contribution in [-0.4, -0.2) is 28.8 Å². The summed E-state index contributed by atoms with van der Waals surface area (Å²) >= 11 is 1.83. The largest absolute Gasteiger partial charge is 0.508 e. The van der Waals surface area contributed by atoms with E-state index in [1.54, 1.807) is 6.07 Å². The summed E-state index contributed by atoms with van der Waals surface area (Å²) in [7, 11) is 0. The molecule has 0 aliphatic carbocycles. The van der Waals surface area contributed by atoms with Crippen LogP contribution in [-0.2, 0) is 0 Å². The van der Waals surface area contributed by atoms with Gasteiger partial charge in [0.15, 0.2) is 0 Å². The highest BCUT2D eigenvalue weighted by Crippen LogP contribution is 2.27. The average Bonchev–Trinajstić information content (AvgIpc) is 2.29. The third-order valence-corrected chi connectivity index (χ3v) is 3.60. The van der Waals surface area contributed by atoms with Crippen molar-refractivity contribution in [2.75, 3.05) is 18.6 Å². The Bertz CT molecular complexity index is 357. The van der Waals surface area contributed by atoms with Gasteiger partial charge in [0.25, 0.3) is 0 Å². The summed E-state index contributed by atoms with van der Waals surface area (Å²) in [4.78, 5) is 0. The second kappa shape index (κ2) is 6.77. The van der Waals surface area contributed by atoms with Gasteiger partial charge in [-0.3, -0.25) is 0 Å². The number of rotatable bonds is 6. The van der Waals surface area contributed by atoms with Crippen LogP contribution in [0.2, 0.25) is 0 Å². The van der Waals surface area contributed by atoms with Gasteiger partial charge in [-0.25, -0.2) is 0 Å². The number of aromatic hydroxyl groups is 2. The monoisotopic (exact) mass is 255 g/mol. The Hall–Kier alpha value is -0.870. The average molecular weight is 255 g/mol. The van der Waals surface area contributed by atoms with Crippen molar-refractivity contribution in [1.29, 1.82) is 0 Å². The lowest BCUT2D eigenvalue weighted by molar-refractivity contribution is 0.434. The van der Waals surface area contributed by atoms with E-state index in [4.69, 9.17) is 0 Å². The maximum atomic E-state index is 9.72. The molecule has 2 atom stereocenters. The Balaban J connectivity index is 2.57. The molecule has 0 radical (unpaired) electrons. The lowest BCUT2D eigenvalue weighted by atomic mass is 10.1. The molecule has 3 nitrogen and oxygen atoms in total. The predicted octanol–water partition coefficient (Wildman–Crippen LogP) is 2.75. The fraction of sp³-hybridized carbons (Fsp3) is 0.538. The van der Waals surface area contributed by atoms with Crippen LogP contribution in [0.25, 0.3) is 0 Å². The van der Waals surface area contributed by atoms with E-state index in [0.717, 1.165) is 17.9 Å². The first-order chi connectivity index (χ1) is 8.04. The Morgan fingerprint density at radius 2 is 2.00 bits per heavy atom. The highest BCUT2D eigenvalue weighted by atomic mass is 32.2. The second-order valence-corrected chi connectivity index (χ2v) is 5.34. The van der Waals surface area contributed by atoms with Crippen LogP contribution in [0.5, 0.6) is 11.5 Å². The fourth-order valence-corrected chi connectivity index (χ4v) is 2.41. The van der Waals surface area contributed by atoms with E-state index >= 15 is 0 Å². The molecule has 0 saturated carbocycles. The number of phenols is 2. The third-order valence-electron chi connectivity index (χ3n) is 2.70. The summed E-state index contributed by atoms with van der Waals surface area (Å²) in [6.45, 7) is 5.08. The van der Waals surface area contributed by atoms with Crippen molar-refractivity contribution in [1.82, 2.24) is 5.32 Å². The highest BCUT2D eigenvalue weighted by molar-refractivity contribution is 7.98. The van der Waals surface area contributed by atoms with E-state index < -0.39 is 0 Å². The van der Waals surface area contributed by atoms with Crippen molar-refractivity contribution < 1.29 is 10.2 Å². The zero-order chi connectivity index (χ0) is 12.8. The number of hydrogen-bond acceptors (Lipinski definition) is 4. The predicted molar refractivity (Wildman–Crippen MR) is 73.7 cm³/mol. The van der Waals surface area contributed by atoms with E-state index in [9.17, 15) is 10.2 Å². The van der Waals surface area contributed by atoms with Crippen LogP contribution in [0.4, 0.5) is 0 Å². The normalized spacial score (nSPS) is 14.5. The van der Waals surface area contributed by atoms with Gasteiger partial charge in [-0.2, -0.15) is 11.8 Å². The van der Waals surface area contributed by atoms with Gasteiger partial charge in [0.05, 0.1) is 0 Å². The minimum absolute atomic E-state index is 0.0337. The van der Waals surface area contributed by atoms with Crippen LogP contribution in [0, 0.1) is 5.92 Å². The summed E-state index contributed by atoms with van der Waals surface area (Å²) in [6.07, 6.45) is 2.10. The van der Waals surface area contributed by atoms with Crippen molar-refractivity contribution in [3.63, 3.8) is 0 Å². The molecule has 4 heteroatoms. The number of hydrogen-bond donors (Lipinski definition) is 3. The van der Waals surface area contributed by atoms with Crippen LogP contribution in [0.15, 0.2) is 18.2 Å². The second-order valence-electron chi connectivity index (χ2n) is 4.43. The van der Waals surface area contributed by atoms with Crippen LogP contribution >= 0.6 is 11.8 Å². The maximum absolute atomic E-state index is 9.72. The van der Waals surface area contributed by atoms with Gasteiger partial charge in [0.1, 0.15) is 11.5 Å². The Kier molecular flexibility index (Phi) is 5.65. The first kappa shape index (κ1) is 14.2. The van der Waals surface area contributed by atoms with Gasteiger partial charge in [-0.15, -0.1) is 0 Å². The molecule has 0 bridgehead atoms. The SMILES string of the molecule is CSCC(C)CNC(C)c1cc(O)ccc1O. The zero-order valence-corrected chi connectivity index (χ0v) is 11.4. The van der Waals surface area contributed by atoms with Gasteiger partial charge in [-0.1, -0.05) is 6.92 Å². The number of benzene rings is 1. The standard InChI is InChI=1S/C13H21NO2S/c1-9(8-17-3)7-14-10(2)12-6-11(15)4-5-13(12)16/h4-6,9-10,14-16H,7-8H2,1-3H3. The van der Waals surface area contributed by atoms with E-state index in [-0.39, 0.29) is 17.5 Å². The third kappa shape index (κ3) is 4.48. The Morgan fingerprint density at radius 3 is 2.65 bits per heavy atom. The molecule has 1 aromatic carbocycles. The molecule has 0 aliphatic rings. The molecule has 0 aliphatic heterocycles. The van der Waals surface area contributed by atoms with E-state index in [1.165, 1.54) is 12.1 Å². The number of nitrogens with one attached hydrogen (secondary N) is 1. The van der Waals surface area contributed by atoms with Gasteiger partial charge in [0.2, 0.25) is 0 Å². The van der Waals surface area contributed by atoms with Crippen molar-refractivity contribution in [2.45, 2.75) is 19.9 Å². The van der Waals surface area contributed by atoms with Crippen LogP contribution in [0.1, 0.15) is 25.5 Å². The molecular formula is C13H21NO2S. The summed E-state index contributed by atoms with van der Waals surface area (Å²) in [5.74, 6) is 2.11. The van der Waals surface area contributed by atoms with Crippen molar-refractivity contribution in [2.24, 2.45) is 5.92 Å². The highest BCUT2D eigenvalue weighted by Gasteiger charge is 2.11. The topological polar surface area (TPSA) is 52.5 Å². The first-order valence-corrected chi connectivity index (χ1v) is 7.18. The minimum Gasteiger partial charge on any atom is -0.508 e. The van der Waals surface area contributed by atoms with E-state index in [0.29, 0.717) is 5.92 Å². The molecular weight excluding hydrogens is 234 g/mol. The molecule has 96 valence electrons. The molecule has 1 aromatic rings. The van der Waals surface area contributed by atoms with Gasteiger partial charge in [-0.05, 0) is 49.6 Å². The van der Waals surface area contributed by atoms with Crippen molar-refractivity contribution in [3.8, 4) is 11.5 Å². The quantitative estimate of drug-likeness (QED) is 0.684. The number of phenolic OH excluding ortho intramolecular Hbond substituents is 2. The van der Waals surface area contributed by atoms with Crippen LogP contribution < -0.4 is 5.32 Å². The van der Waals surface area contributed by atoms with Crippen LogP contribution in [0.3, 0.4) is 0 Å². The molecule has 17 heavy (non-hydrogen) atoms. The van der Waals surface area contributed by atoms with Gasteiger partial charge in [0, 0.05) is 11.6 Å².